The molecule has 1 aliphatic rings. The van der Waals surface area contributed by atoms with Crippen LogP contribution in [0.5, 0.6) is 0 Å². The van der Waals surface area contributed by atoms with Crippen LogP contribution in [-0.2, 0) is 10.2 Å². The van der Waals surface area contributed by atoms with E-state index in [2.05, 4.69) is 4.98 Å². The average molecular weight is 349 g/mol. The summed E-state index contributed by atoms with van der Waals surface area (Å²) in [5.41, 5.74) is 2.00. The summed E-state index contributed by atoms with van der Waals surface area (Å²) >= 11 is 0. The van der Waals surface area contributed by atoms with Crippen LogP contribution in [0.25, 0.3) is 11.5 Å². The predicted octanol–water partition coefficient (Wildman–Crippen LogP) is 2.79. The number of halogens is 1. The normalized spacial score (nSPS) is 16.1. The van der Waals surface area contributed by atoms with Crippen molar-refractivity contribution in [1.82, 2.24) is 4.98 Å². The second-order valence-corrected chi connectivity index (χ2v) is 7.43. The summed E-state index contributed by atoms with van der Waals surface area (Å²) in [6.45, 7) is 2.56. The molecule has 0 bridgehead atoms. The van der Waals surface area contributed by atoms with Gasteiger partial charge in [0.15, 0.2) is 0 Å². The fraction of sp³-hybridized carbons (Fsp3) is 0.375. The van der Waals surface area contributed by atoms with Crippen LogP contribution >= 0.6 is 0 Å². The number of hydrogen-bond acceptors (Lipinski definition) is 6. The van der Waals surface area contributed by atoms with Gasteiger partial charge in [-0.15, -0.1) is 3.89 Å². The van der Waals surface area contributed by atoms with Gasteiger partial charge in [-0.3, -0.25) is 0 Å². The van der Waals surface area contributed by atoms with Crippen LogP contribution in [-0.4, -0.2) is 31.7 Å². The van der Waals surface area contributed by atoms with E-state index in [4.69, 9.17) is 4.42 Å². The fourth-order valence-corrected chi connectivity index (χ4v) is 3.53. The number of aromatic nitrogens is 1. The maximum absolute atomic E-state index is 13.1. The van der Waals surface area contributed by atoms with E-state index in [9.17, 15) is 17.6 Å². The van der Waals surface area contributed by atoms with Crippen molar-refractivity contribution in [3.63, 3.8) is 0 Å². The van der Waals surface area contributed by atoms with E-state index in [0.717, 1.165) is 11.1 Å². The maximum Gasteiger partial charge on any atom is 0.305 e. The Labute approximate surface area is 139 Å². The zero-order valence-corrected chi connectivity index (χ0v) is 13.9. The molecule has 0 spiro atoms. The van der Waals surface area contributed by atoms with E-state index >= 15 is 0 Å². The molecule has 1 aliphatic heterocycles. The van der Waals surface area contributed by atoms with E-state index < -0.39 is 15.5 Å². The van der Waals surface area contributed by atoms with Gasteiger partial charge in [0.1, 0.15) is 6.07 Å². The summed E-state index contributed by atoms with van der Waals surface area (Å²) in [5, 5.41) is 8.29. The Morgan fingerprint density at radius 3 is 2.46 bits per heavy atom. The first-order valence-electron chi connectivity index (χ1n) is 7.55. The van der Waals surface area contributed by atoms with Gasteiger partial charge in [-0.05, 0) is 31.9 Å². The summed E-state index contributed by atoms with van der Waals surface area (Å²) in [4.78, 5) is 5.95. The first-order valence-corrected chi connectivity index (χ1v) is 8.99. The number of anilines is 1. The lowest BCUT2D eigenvalue weighted by Crippen LogP contribution is -2.38. The second kappa shape index (κ2) is 6.24. The quantitative estimate of drug-likeness (QED) is 0.792. The molecule has 8 heteroatoms. The van der Waals surface area contributed by atoms with Gasteiger partial charge in [0.2, 0.25) is 17.5 Å². The maximum atomic E-state index is 13.1. The molecular weight excluding hydrogens is 333 g/mol. The number of benzene rings is 1. The van der Waals surface area contributed by atoms with Crippen LogP contribution in [0.15, 0.2) is 28.7 Å². The molecule has 1 aromatic heterocycles. The van der Waals surface area contributed by atoms with Crippen LogP contribution in [0, 0.1) is 18.3 Å². The Bertz CT molecular complexity index is 876. The summed E-state index contributed by atoms with van der Waals surface area (Å²) in [7, 11) is -4.53. The molecule has 0 amide bonds. The highest BCUT2D eigenvalue weighted by molar-refractivity contribution is 7.87. The molecule has 2 aromatic rings. The number of aryl methyl sites for hydroxylation is 1. The predicted molar refractivity (Wildman–Crippen MR) is 86.7 cm³/mol. The highest BCUT2D eigenvalue weighted by atomic mass is 32.3. The van der Waals surface area contributed by atoms with Gasteiger partial charge in [0.25, 0.3) is 0 Å². The summed E-state index contributed by atoms with van der Waals surface area (Å²) < 4.78 is 40.8. The number of piperidine rings is 1. The van der Waals surface area contributed by atoms with Crippen LogP contribution in [0.4, 0.5) is 9.77 Å². The second-order valence-electron chi connectivity index (χ2n) is 5.81. The number of hydrogen-bond donors (Lipinski definition) is 0. The minimum atomic E-state index is -4.53. The molecule has 1 saturated heterocycles. The van der Waals surface area contributed by atoms with Crippen LogP contribution in [0.1, 0.15) is 24.1 Å². The van der Waals surface area contributed by atoms with Gasteiger partial charge in [-0.2, -0.15) is 18.7 Å². The Morgan fingerprint density at radius 2 is 1.92 bits per heavy atom. The topological polar surface area (TPSA) is 87.2 Å². The van der Waals surface area contributed by atoms with Crippen molar-refractivity contribution in [2.24, 2.45) is 0 Å². The lowest BCUT2D eigenvalue weighted by atomic mass is 10.1. The van der Waals surface area contributed by atoms with Crippen molar-refractivity contribution in [2.45, 2.75) is 25.0 Å². The fourth-order valence-electron chi connectivity index (χ4n) is 2.76. The van der Waals surface area contributed by atoms with Crippen molar-refractivity contribution in [1.29, 1.82) is 5.26 Å². The third-order valence-electron chi connectivity index (χ3n) is 4.14. The highest BCUT2D eigenvalue weighted by Crippen LogP contribution is 2.31. The standard InChI is InChI=1S/C16H16FN3O3S/c1-11-2-4-12(5-3-11)15-19-14(10-18)16(23-15)20-8-6-13(7-9-20)24(17,21)22/h2-5,13H,6-9H2,1H3. The van der Waals surface area contributed by atoms with Gasteiger partial charge in [0.05, 0.1) is 5.25 Å². The average Bonchev–Trinajstić information content (AvgIpc) is 2.99. The third kappa shape index (κ3) is 3.26. The molecule has 24 heavy (non-hydrogen) atoms. The van der Waals surface area contributed by atoms with Crippen molar-refractivity contribution in [2.75, 3.05) is 18.0 Å². The third-order valence-corrected chi connectivity index (χ3v) is 5.41. The van der Waals surface area contributed by atoms with Crippen molar-refractivity contribution in [3.05, 3.63) is 35.5 Å². The Kier molecular flexibility index (Phi) is 4.28. The lowest BCUT2D eigenvalue weighted by molar-refractivity contribution is 0.475. The van der Waals surface area contributed by atoms with Crippen LogP contribution in [0.2, 0.25) is 0 Å². The molecule has 6 nitrogen and oxygen atoms in total. The zero-order valence-electron chi connectivity index (χ0n) is 13.1. The lowest BCUT2D eigenvalue weighted by Gasteiger charge is -2.29. The molecule has 1 fully saturated rings. The summed E-state index contributed by atoms with van der Waals surface area (Å²) in [6, 6.07) is 9.55. The largest absolute Gasteiger partial charge is 0.419 e. The molecule has 0 aliphatic carbocycles. The van der Waals surface area contributed by atoms with Crippen LogP contribution in [0.3, 0.4) is 0 Å². The molecule has 2 heterocycles. The SMILES string of the molecule is Cc1ccc(-c2nc(C#N)c(N3CCC(S(=O)(=O)F)CC3)o2)cc1. The minimum Gasteiger partial charge on any atom is -0.419 e. The van der Waals surface area contributed by atoms with Gasteiger partial charge in [-0.1, -0.05) is 17.7 Å². The Balaban J connectivity index is 1.84. The van der Waals surface area contributed by atoms with E-state index in [1.807, 2.05) is 37.3 Å². The Morgan fingerprint density at radius 1 is 1.29 bits per heavy atom. The minimum absolute atomic E-state index is 0.145. The molecule has 0 radical (unpaired) electrons. The molecule has 0 N–H and O–H groups in total. The number of nitrogens with zero attached hydrogens (tertiary/aromatic N) is 3. The van der Waals surface area contributed by atoms with Crippen molar-refractivity contribution < 1.29 is 16.7 Å². The van der Waals surface area contributed by atoms with Crippen molar-refractivity contribution >= 4 is 16.1 Å². The molecule has 0 unspecified atom stereocenters. The van der Waals surface area contributed by atoms with Gasteiger partial charge in [-0.25, -0.2) is 0 Å². The molecule has 126 valence electrons. The molecular formula is C16H16FN3O3S. The van der Waals surface area contributed by atoms with Crippen molar-refractivity contribution in [3.8, 4) is 17.5 Å². The van der Waals surface area contributed by atoms with Gasteiger partial charge in [0, 0.05) is 18.7 Å². The molecule has 3 rings (SSSR count). The Hall–Kier alpha value is -2.40. The monoisotopic (exact) mass is 349 g/mol. The first-order chi connectivity index (χ1) is 11.4. The summed E-state index contributed by atoms with van der Waals surface area (Å²) in [5.74, 6) is 0.643. The molecule has 0 saturated carbocycles. The van der Waals surface area contributed by atoms with Gasteiger partial charge < -0.3 is 9.32 Å². The smallest absolute Gasteiger partial charge is 0.305 e. The summed E-state index contributed by atoms with van der Waals surface area (Å²) in [6.07, 6.45) is 0.314. The molecule has 0 atom stereocenters. The number of rotatable bonds is 3. The van der Waals surface area contributed by atoms with E-state index in [0.29, 0.717) is 24.9 Å². The van der Waals surface area contributed by atoms with Crippen LogP contribution < -0.4 is 4.90 Å². The highest BCUT2D eigenvalue weighted by Gasteiger charge is 2.32. The van der Waals surface area contributed by atoms with E-state index in [-0.39, 0.29) is 18.5 Å². The zero-order chi connectivity index (χ0) is 17.3. The van der Waals surface area contributed by atoms with Gasteiger partial charge >= 0.3 is 10.2 Å². The van der Waals surface area contributed by atoms with E-state index in [1.54, 1.807) is 4.90 Å². The van der Waals surface area contributed by atoms with E-state index in [1.165, 1.54) is 0 Å². The number of nitriles is 1. The number of oxazole rings is 1. The molecule has 1 aromatic carbocycles. The first kappa shape index (κ1) is 16.5.